The lowest BCUT2D eigenvalue weighted by Gasteiger charge is -2.34. The van der Waals surface area contributed by atoms with Gasteiger partial charge >= 0.3 is 5.97 Å². The molecule has 0 bridgehead atoms. The molecule has 0 aliphatic carbocycles. The molecular formula is C15H25NO3. The number of likely N-dealkylation sites (N-methyl/N-ethyl adjacent to an activating group) is 1. The van der Waals surface area contributed by atoms with Crippen molar-refractivity contribution in [3.05, 3.63) is 23.4 Å². The van der Waals surface area contributed by atoms with Crippen LogP contribution in [0.15, 0.2) is 23.4 Å². The van der Waals surface area contributed by atoms with E-state index < -0.39 is 0 Å². The normalized spacial score (nSPS) is 18.8. The number of esters is 1. The van der Waals surface area contributed by atoms with Gasteiger partial charge in [-0.15, -0.1) is 0 Å². The van der Waals surface area contributed by atoms with Gasteiger partial charge in [0.25, 0.3) is 0 Å². The predicted molar refractivity (Wildman–Crippen MR) is 75.8 cm³/mol. The van der Waals surface area contributed by atoms with E-state index in [1.165, 1.54) is 7.11 Å². The molecule has 0 aromatic rings. The Labute approximate surface area is 116 Å². The molecule has 0 unspecified atom stereocenters. The van der Waals surface area contributed by atoms with Crippen LogP contribution in [0.4, 0.5) is 0 Å². The number of carbonyl (C=O) groups is 1. The third-order valence-corrected chi connectivity index (χ3v) is 3.31. The largest absolute Gasteiger partial charge is 0.466 e. The second-order valence-corrected chi connectivity index (χ2v) is 5.20. The highest BCUT2D eigenvalue weighted by Crippen LogP contribution is 2.30. The van der Waals surface area contributed by atoms with Crippen LogP contribution in [0.25, 0.3) is 0 Å². The van der Waals surface area contributed by atoms with Crippen molar-refractivity contribution in [2.75, 3.05) is 26.8 Å². The molecular weight excluding hydrogens is 242 g/mol. The van der Waals surface area contributed by atoms with Crippen LogP contribution in [-0.2, 0) is 14.3 Å². The molecule has 0 fully saturated rings. The number of nitrogens with zero attached hydrogens (tertiary/aromatic N) is 1. The van der Waals surface area contributed by atoms with E-state index in [-0.39, 0.29) is 11.6 Å². The molecule has 4 heteroatoms. The molecule has 4 nitrogen and oxygen atoms in total. The Morgan fingerprint density at radius 3 is 2.58 bits per heavy atom. The molecule has 0 saturated heterocycles. The quantitative estimate of drug-likeness (QED) is 0.567. The third kappa shape index (κ3) is 4.39. The number of rotatable bonds is 5. The van der Waals surface area contributed by atoms with E-state index >= 15 is 0 Å². The fourth-order valence-corrected chi connectivity index (χ4v) is 2.27. The van der Waals surface area contributed by atoms with Crippen LogP contribution >= 0.6 is 0 Å². The summed E-state index contributed by atoms with van der Waals surface area (Å²) in [5.74, 6) is -0.313. The van der Waals surface area contributed by atoms with Crippen LogP contribution in [0, 0.1) is 0 Å². The topological polar surface area (TPSA) is 38.8 Å². The molecule has 1 aliphatic rings. The number of allylic oxidation sites excluding steroid dienone is 1. The third-order valence-electron chi connectivity index (χ3n) is 3.31. The lowest BCUT2D eigenvalue weighted by Crippen LogP contribution is -2.33. The number of carbonyl (C=O) groups excluding carboxylic acids is 1. The molecule has 0 amide bonds. The Bertz CT molecular complexity index is 379. The van der Waals surface area contributed by atoms with Gasteiger partial charge in [-0.2, -0.15) is 0 Å². The van der Waals surface area contributed by atoms with Crippen LogP contribution in [-0.4, -0.2) is 43.3 Å². The minimum atomic E-state index is -0.313. The van der Waals surface area contributed by atoms with Crippen molar-refractivity contribution < 1.29 is 14.3 Å². The molecule has 0 spiro atoms. The molecule has 0 aromatic carbocycles. The zero-order chi connectivity index (χ0) is 14.5. The van der Waals surface area contributed by atoms with Gasteiger partial charge in [0.1, 0.15) is 0 Å². The zero-order valence-electron chi connectivity index (χ0n) is 12.7. The van der Waals surface area contributed by atoms with Crippen molar-refractivity contribution in [2.24, 2.45) is 0 Å². The van der Waals surface area contributed by atoms with Gasteiger partial charge in [-0.05, 0) is 33.3 Å². The van der Waals surface area contributed by atoms with Crippen LogP contribution in [0.2, 0.25) is 0 Å². The van der Waals surface area contributed by atoms with Gasteiger partial charge in [0.2, 0.25) is 0 Å². The molecule has 0 radical (unpaired) electrons. The zero-order valence-corrected chi connectivity index (χ0v) is 12.7. The van der Waals surface area contributed by atoms with Crippen LogP contribution in [0.5, 0.6) is 0 Å². The van der Waals surface area contributed by atoms with E-state index in [1.807, 2.05) is 0 Å². The van der Waals surface area contributed by atoms with Gasteiger partial charge in [0, 0.05) is 31.3 Å². The molecule has 0 saturated carbocycles. The van der Waals surface area contributed by atoms with Gasteiger partial charge in [0.05, 0.1) is 19.3 Å². The number of hydrogen-bond donors (Lipinski definition) is 0. The molecule has 1 rings (SSSR count). The van der Waals surface area contributed by atoms with Crippen LogP contribution in [0.1, 0.15) is 34.1 Å². The Morgan fingerprint density at radius 2 is 2.11 bits per heavy atom. The maximum atomic E-state index is 11.6. The Hall–Kier alpha value is -1.29. The summed E-state index contributed by atoms with van der Waals surface area (Å²) in [6.45, 7) is 10.6. The first kappa shape index (κ1) is 15.8. The summed E-state index contributed by atoms with van der Waals surface area (Å²) in [5, 5.41) is 0. The summed E-state index contributed by atoms with van der Waals surface area (Å²) in [6.07, 6.45) is 4.44. The monoisotopic (exact) mass is 267 g/mol. The first-order valence-electron chi connectivity index (χ1n) is 6.81. The van der Waals surface area contributed by atoms with Crippen molar-refractivity contribution in [3.8, 4) is 0 Å². The Morgan fingerprint density at radius 1 is 1.47 bits per heavy atom. The lowest BCUT2D eigenvalue weighted by molar-refractivity contribution is -0.135. The summed E-state index contributed by atoms with van der Waals surface area (Å²) in [5.41, 5.74) is 1.92. The van der Waals surface area contributed by atoms with E-state index in [9.17, 15) is 4.79 Å². The van der Waals surface area contributed by atoms with E-state index in [4.69, 9.17) is 9.47 Å². The fourth-order valence-electron chi connectivity index (χ4n) is 2.27. The van der Waals surface area contributed by atoms with Gasteiger partial charge in [0.15, 0.2) is 0 Å². The van der Waals surface area contributed by atoms with Crippen molar-refractivity contribution in [2.45, 2.75) is 39.7 Å². The molecule has 1 aliphatic heterocycles. The SMILES string of the molecule is CCN(CC)/C(=C\C(=O)OC)C1=CCOC(C)(C)C1. The van der Waals surface area contributed by atoms with E-state index in [0.29, 0.717) is 6.61 Å². The van der Waals surface area contributed by atoms with Crippen molar-refractivity contribution >= 4 is 5.97 Å². The lowest BCUT2D eigenvalue weighted by atomic mass is 9.93. The highest BCUT2D eigenvalue weighted by molar-refractivity contribution is 5.83. The molecule has 1 heterocycles. The summed E-state index contributed by atoms with van der Waals surface area (Å²) < 4.78 is 10.4. The van der Waals surface area contributed by atoms with Crippen molar-refractivity contribution in [3.63, 3.8) is 0 Å². The average molecular weight is 267 g/mol. The van der Waals surface area contributed by atoms with Gasteiger partial charge in [-0.25, -0.2) is 4.79 Å². The number of hydrogen-bond acceptors (Lipinski definition) is 4. The van der Waals surface area contributed by atoms with E-state index in [1.54, 1.807) is 6.08 Å². The molecule has 0 aromatic heterocycles. The standard InChI is InChI=1S/C15H25NO3/c1-6-16(7-2)13(10-14(17)18-5)12-8-9-19-15(3,4)11-12/h8,10H,6-7,9,11H2,1-5H3/b13-10-. The summed E-state index contributed by atoms with van der Waals surface area (Å²) >= 11 is 0. The second-order valence-electron chi connectivity index (χ2n) is 5.20. The number of methoxy groups -OCH3 is 1. The summed E-state index contributed by atoms with van der Waals surface area (Å²) in [4.78, 5) is 13.7. The smallest absolute Gasteiger partial charge is 0.332 e. The number of ether oxygens (including phenoxy) is 2. The minimum absolute atomic E-state index is 0.188. The predicted octanol–water partition coefficient (Wildman–Crippen LogP) is 2.51. The highest BCUT2D eigenvalue weighted by atomic mass is 16.5. The van der Waals surface area contributed by atoms with Gasteiger partial charge in [-0.1, -0.05) is 6.08 Å². The fraction of sp³-hybridized carbons (Fsp3) is 0.667. The second kappa shape index (κ2) is 6.75. The maximum absolute atomic E-state index is 11.6. The molecule has 0 atom stereocenters. The average Bonchev–Trinajstić information content (AvgIpc) is 2.37. The van der Waals surface area contributed by atoms with Crippen molar-refractivity contribution in [1.29, 1.82) is 0 Å². The minimum Gasteiger partial charge on any atom is -0.466 e. The van der Waals surface area contributed by atoms with Gasteiger partial charge < -0.3 is 14.4 Å². The summed E-state index contributed by atoms with van der Waals surface area (Å²) in [7, 11) is 1.40. The molecule has 108 valence electrons. The van der Waals surface area contributed by atoms with Crippen LogP contribution in [0.3, 0.4) is 0 Å². The molecule has 0 N–H and O–H groups in total. The van der Waals surface area contributed by atoms with E-state index in [0.717, 1.165) is 30.8 Å². The Balaban J connectivity index is 3.06. The highest BCUT2D eigenvalue weighted by Gasteiger charge is 2.27. The Kier molecular flexibility index (Phi) is 5.60. The first-order valence-corrected chi connectivity index (χ1v) is 6.81. The maximum Gasteiger partial charge on any atom is 0.332 e. The first-order chi connectivity index (χ1) is 8.93. The van der Waals surface area contributed by atoms with Gasteiger partial charge in [-0.3, -0.25) is 0 Å². The molecule has 19 heavy (non-hydrogen) atoms. The van der Waals surface area contributed by atoms with Crippen molar-refractivity contribution in [1.82, 2.24) is 4.90 Å². The summed E-state index contributed by atoms with van der Waals surface area (Å²) in [6, 6.07) is 0. The van der Waals surface area contributed by atoms with Crippen LogP contribution < -0.4 is 0 Å². The van der Waals surface area contributed by atoms with E-state index in [2.05, 4.69) is 38.7 Å².